The molecule has 1 N–H and O–H groups in total. The van der Waals surface area contributed by atoms with Gasteiger partial charge in [0, 0.05) is 5.92 Å². The zero-order valence-corrected chi connectivity index (χ0v) is 15.2. The number of oxazole rings is 1. The number of ether oxygens (including phenoxy) is 1. The van der Waals surface area contributed by atoms with Gasteiger partial charge in [-0.1, -0.05) is 31.1 Å². The average molecular weight is 365 g/mol. The number of carbonyl (C=O) groups excluding carboxylic acids is 1. The highest BCUT2D eigenvalue weighted by atomic mass is 16.5. The monoisotopic (exact) mass is 365 g/mol. The lowest BCUT2D eigenvalue weighted by molar-refractivity contribution is 0.0601. The number of aromatic nitrogens is 1. The van der Waals surface area contributed by atoms with E-state index in [1.54, 1.807) is 24.3 Å². The van der Waals surface area contributed by atoms with Crippen molar-refractivity contribution in [2.45, 2.75) is 13.8 Å². The van der Waals surface area contributed by atoms with Gasteiger partial charge in [0.2, 0.25) is 0 Å². The SMILES string of the molecule is COC(=O)c1ccc(N/N=C(\N=Nc2nc3ccccc3o2)C(C)C)cc1. The van der Waals surface area contributed by atoms with Crippen molar-refractivity contribution in [1.82, 2.24) is 4.98 Å². The maximum absolute atomic E-state index is 11.5. The highest BCUT2D eigenvalue weighted by molar-refractivity contribution is 5.89. The lowest BCUT2D eigenvalue weighted by Crippen LogP contribution is -2.07. The molecule has 3 rings (SSSR count). The van der Waals surface area contributed by atoms with E-state index < -0.39 is 0 Å². The summed E-state index contributed by atoms with van der Waals surface area (Å²) in [7, 11) is 1.34. The van der Waals surface area contributed by atoms with Crippen molar-refractivity contribution in [3.63, 3.8) is 0 Å². The molecule has 0 fully saturated rings. The van der Waals surface area contributed by atoms with E-state index in [0.29, 0.717) is 22.7 Å². The van der Waals surface area contributed by atoms with E-state index in [0.717, 1.165) is 5.52 Å². The number of nitrogens with zero attached hydrogens (tertiary/aromatic N) is 4. The van der Waals surface area contributed by atoms with Crippen LogP contribution in [0.25, 0.3) is 11.1 Å². The van der Waals surface area contributed by atoms with Gasteiger partial charge in [-0.25, -0.2) is 4.79 Å². The number of fused-ring (bicyclic) bond motifs is 1. The van der Waals surface area contributed by atoms with E-state index in [4.69, 9.17) is 4.42 Å². The number of nitrogens with one attached hydrogen (secondary N) is 1. The van der Waals surface area contributed by atoms with Gasteiger partial charge >= 0.3 is 12.0 Å². The summed E-state index contributed by atoms with van der Waals surface area (Å²) in [5.41, 5.74) is 5.45. The van der Waals surface area contributed by atoms with Crippen molar-refractivity contribution in [3.05, 3.63) is 54.1 Å². The minimum Gasteiger partial charge on any atom is -0.465 e. The maximum Gasteiger partial charge on any atom is 0.342 e. The number of hydrogen-bond acceptors (Lipinski definition) is 7. The van der Waals surface area contributed by atoms with Gasteiger partial charge in [-0.2, -0.15) is 10.1 Å². The molecule has 0 aliphatic heterocycles. The van der Waals surface area contributed by atoms with Gasteiger partial charge in [-0.15, -0.1) is 5.11 Å². The van der Waals surface area contributed by atoms with E-state index in [9.17, 15) is 4.79 Å². The Morgan fingerprint density at radius 1 is 1.15 bits per heavy atom. The fourth-order valence-electron chi connectivity index (χ4n) is 2.18. The summed E-state index contributed by atoms with van der Waals surface area (Å²) in [6.07, 6.45) is 0. The number of hydrogen-bond donors (Lipinski definition) is 1. The second-order valence-corrected chi connectivity index (χ2v) is 5.97. The Labute approximate surface area is 156 Å². The third kappa shape index (κ3) is 4.55. The highest BCUT2D eigenvalue weighted by Gasteiger charge is 2.08. The lowest BCUT2D eigenvalue weighted by Gasteiger charge is -2.05. The Balaban J connectivity index is 1.73. The van der Waals surface area contributed by atoms with E-state index >= 15 is 0 Å². The summed E-state index contributed by atoms with van der Waals surface area (Å²) >= 11 is 0. The number of azo groups is 1. The molecule has 0 amide bonds. The summed E-state index contributed by atoms with van der Waals surface area (Å²) in [5, 5.41) is 12.5. The van der Waals surface area contributed by atoms with Crippen LogP contribution in [-0.2, 0) is 4.74 Å². The highest BCUT2D eigenvalue weighted by Crippen LogP contribution is 2.21. The molecule has 0 aliphatic rings. The number of amidine groups is 1. The fourth-order valence-corrected chi connectivity index (χ4v) is 2.18. The predicted octanol–water partition coefficient (Wildman–Crippen LogP) is 4.78. The van der Waals surface area contributed by atoms with Crippen molar-refractivity contribution in [2.75, 3.05) is 12.5 Å². The van der Waals surface area contributed by atoms with Crippen LogP contribution in [0.3, 0.4) is 0 Å². The van der Waals surface area contributed by atoms with Gasteiger partial charge in [0.05, 0.1) is 18.4 Å². The quantitative estimate of drug-likeness (QED) is 0.230. The summed E-state index contributed by atoms with van der Waals surface area (Å²) in [5.74, 6) is 0.120. The van der Waals surface area contributed by atoms with Crippen LogP contribution in [0.1, 0.15) is 24.2 Å². The number of anilines is 1. The molecule has 8 heteroatoms. The molecule has 3 aromatic rings. The molecule has 0 saturated heterocycles. The molecule has 0 spiro atoms. The number of rotatable bonds is 5. The average Bonchev–Trinajstić information content (AvgIpc) is 3.10. The zero-order chi connectivity index (χ0) is 19.2. The smallest absolute Gasteiger partial charge is 0.342 e. The van der Waals surface area contributed by atoms with Crippen molar-refractivity contribution >= 4 is 34.6 Å². The standard InChI is InChI=1S/C19H19N5O3/c1-12(2)17(22-21-14-10-8-13(9-11-14)18(25)26-3)23-24-19-20-15-6-4-5-7-16(15)27-19/h4-12,21H,1-3H3/b22-17-,24-23?. The molecule has 138 valence electrons. The van der Waals surface area contributed by atoms with Crippen LogP contribution >= 0.6 is 0 Å². The lowest BCUT2D eigenvalue weighted by atomic mass is 10.2. The first-order valence-electron chi connectivity index (χ1n) is 8.36. The second kappa shape index (κ2) is 8.22. The van der Waals surface area contributed by atoms with E-state index in [1.165, 1.54) is 7.11 Å². The molecule has 0 radical (unpaired) electrons. The number of carbonyl (C=O) groups is 1. The molecule has 27 heavy (non-hydrogen) atoms. The minimum atomic E-state index is -0.389. The van der Waals surface area contributed by atoms with Crippen LogP contribution < -0.4 is 5.43 Å². The third-order valence-corrected chi connectivity index (χ3v) is 3.64. The Kier molecular flexibility index (Phi) is 5.55. The van der Waals surface area contributed by atoms with Crippen LogP contribution in [0.15, 0.2) is 68.3 Å². The van der Waals surface area contributed by atoms with E-state index in [1.807, 2.05) is 38.1 Å². The van der Waals surface area contributed by atoms with Crippen LogP contribution in [-0.4, -0.2) is 23.9 Å². The first-order chi connectivity index (χ1) is 13.1. The number of hydrazone groups is 1. The molecule has 2 aromatic carbocycles. The second-order valence-electron chi connectivity index (χ2n) is 5.97. The predicted molar refractivity (Wildman–Crippen MR) is 102 cm³/mol. The van der Waals surface area contributed by atoms with Crippen molar-refractivity contribution in [2.24, 2.45) is 21.2 Å². The van der Waals surface area contributed by atoms with Crippen LogP contribution in [0.4, 0.5) is 11.7 Å². The number of methoxy groups -OCH3 is 1. The maximum atomic E-state index is 11.5. The number of para-hydroxylation sites is 2. The van der Waals surface area contributed by atoms with E-state index in [2.05, 4.69) is 30.5 Å². The Morgan fingerprint density at radius 2 is 1.89 bits per heavy atom. The van der Waals surface area contributed by atoms with Crippen molar-refractivity contribution < 1.29 is 13.9 Å². The molecule has 8 nitrogen and oxygen atoms in total. The van der Waals surface area contributed by atoms with Crippen molar-refractivity contribution in [1.29, 1.82) is 0 Å². The molecule has 0 saturated carbocycles. The zero-order valence-electron chi connectivity index (χ0n) is 15.2. The third-order valence-electron chi connectivity index (χ3n) is 3.64. The fraction of sp³-hybridized carbons (Fsp3) is 0.211. The number of esters is 1. The summed E-state index contributed by atoms with van der Waals surface area (Å²) in [4.78, 5) is 15.7. The van der Waals surface area contributed by atoms with Crippen LogP contribution in [0.5, 0.6) is 0 Å². The summed E-state index contributed by atoms with van der Waals surface area (Å²) in [6, 6.07) is 14.3. The van der Waals surface area contributed by atoms with Gasteiger partial charge in [-0.05, 0) is 36.4 Å². The molecule has 0 atom stereocenters. The molecular formula is C19H19N5O3. The topological polar surface area (TPSA) is 101 Å². The van der Waals surface area contributed by atoms with Gasteiger partial charge < -0.3 is 9.15 Å². The molecule has 0 bridgehead atoms. The van der Waals surface area contributed by atoms with Gasteiger partial charge in [0.25, 0.3) is 0 Å². The van der Waals surface area contributed by atoms with Crippen molar-refractivity contribution in [3.8, 4) is 0 Å². The minimum absolute atomic E-state index is 0.0278. The van der Waals surface area contributed by atoms with Gasteiger partial charge in [0.1, 0.15) is 5.52 Å². The Morgan fingerprint density at radius 3 is 2.56 bits per heavy atom. The first kappa shape index (κ1) is 18.2. The molecule has 1 aromatic heterocycles. The van der Waals surface area contributed by atoms with Crippen LogP contribution in [0.2, 0.25) is 0 Å². The number of benzene rings is 2. The molecule has 1 heterocycles. The Bertz CT molecular complexity index is 957. The summed E-state index contributed by atoms with van der Waals surface area (Å²) < 4.78 is 10.2. The summed E-state index contributed by atoms with van der Waals surface area (Å²) in [6.45, 7) is 3.90. The largest absolute Gasteiger partial charge is 0.465 e. The van der Waals surface area contributed by atoms with E-state index in [-0.39, 0.29) is 17.9 Å². The first-order valence-corrected chi connectivity index (χ1v) is 8.36. The normalized spacial score (nSPS) is 12.1. The molecular weight excluding hydrogens is 346 g/mol. The van der Waals surface area contributed by atoms with Crippen LogP contribution in [0, 0.1) is 5.92 Å². The van der Waals surface area contributed by atoms with Gasteiger partial charge in [-0.3, -0.25) is 5.43 Å². The molecule has 0 aliphatic carbocycles. The molecule has 0 unspecified atom stereocenters. The Hall–Kier alpha value is -3.55. The van der Waals surface area contributed by atoms with Gasteiger partial charge in [0.15, 0.2) is 11.4 Å².